The topological polar surface area (TPSA) is 81.4 Å². The molecule has 19 heavy (non-hydrogen) atoms. The monoisotopic (exact) mass is 286 g/mol. The SMILES string of the molecule is CCOC1CCN(c2ncnc(Cl)c2[N+](=O)[O-])CC1. The molecule has 2 rings (SSSR count). The van der Waals surface area contributed by atoms with E-state index in [9.17, 15) is 10.1 Å². The van der Waals surface area contributed by atoms with Crippen molar-refractivity contribution in [3.63, 3.8) is 0 Å². The van der Waals surface area contributed by atoms with Crippen LogP contribution in [-0.4, -0.2) is 40.7 Å². The Bertz CT molecular complexity index is 463. The number of piperidine rings is 1. The predicted octanol–water partition coefficient (Wildman–Crippen LogP) is 2.04. The Hall–Kier alpha value is -1.47. The molecule has 8 heteroatoms. The smallest absolute Gasteiger partial charge is 0.348 e. The van der Waals surface area contributed by atoms with Gasteiger partial charge in [0.05, 0.1) is 11.0 Å². The summed E-state index contributed by atoms with van der Waals surface area (Å²) in [5.74, 6) is 0.292. The second kappa shape index (κ2) is 6.12. The van der Waals surface area contributed by atoms with Crippen LogP contribution in [0.25, 0.3) is 0 Å². The number of hydrogen-bond donors (Lipinski definition) is 0. The Kier molecular flexibility index (Phi) is 4.49. The number of nitrogens with zero attached hydrogens (tertiary/aromatic N) is 4. The number of hydrogen-bond acceptors (Lipinski definition) is 6. The third-order valence-corrected chi connectivity index (χ3v) is 3.36. The van der Waals surface area contributed by atoms with Gasteiger partial charge < -0.3 is 9.64 Å². The first-order valence-corrected chi connectivity index (χ1v) is 6.52. The first-order chi connectivity index (χ1) is 9.13. The zero-order chi connectivity index (χ0) is 13.8. The van der Waals surface area contributed by atoms with Crippen molar-refractivity contribution in [3.05, 3.63) is 21.6 Å². The Morgan fingerprint density at radius 2 is 2.21 bits per heavy atom. The van der Waals surface area contributed by atoms with Crippen LogP contribution < -0.4 is 4.90 Å². The van der Waals surface area contributed by atoms with Crippen LogP contribution in [0.15, 0.2) is 6.33 Å². The predicted molar refractivity (Wildman–Crippen MR) is 70.6 cm³/mol. The summed E-state index contributed by atoms with van der Waals surface area (Å²) in [6.07, 6.45) is 3.12. The van der Waals surface area contributed by atoms with Gasteiger partial charge in [-0.15, -0.1) is 0 Å². The lowest BCUT2D eigenvalue weighted by molar-refractivity contribution is -0.384. The van der Waals surface area contributed by atoms with E-state index in [0.29, 0.717) is 25.5 Å². The zero-order valence-electron chi connectivity index (χ0n) is 10.6. The van der Waals surface area contributed by atoms with Crippen LogP contribution in [0, 0.1) is 10.1 Å². The van der Waals surface area contributed by atoms with Crippen LogP contribution in [0.3, 0.4) is 0 Å². The minimum Gasteiger partial charge on any atom is -0.378 e. The average molecular weight is 287 g/mol. The summed E-state index contributed by atoms with van der Waals surface area (Å²) in [6.45, 7) is 3.98. The average Bonchev–Trinajstić information content (AvgIpc) is 2.39. The molecule has 0 aliphatic carbocycles. The van der Waals surface area contributed by atoms with Gasteiger partial charge in [-0.05, 0) is 19.8 Å². The van der Waals surface area contributed by atoms with E-state index >= 15 is 0 Å². The lowest BCUT2D eigenvalue weighted by Gasteiger charge is -2.32. The number of aromatic nitrogens is 2. The molecule has 1 aliphatic rings. The van der Waals surface area contributed by atoms with E-state index in [1.807, 2.05) is 11.8 Å². The molecule has 1 aromatic rings. The van der Waals surface area contributed by atoms with Crippen molar-refractivity contribution in [1.29, 1.82) is 0 Å². The van der Waals surface area contributed by atoms with E-state index in [2.05, 4.69) is 9.97 Å². The first-order valence-electron chi connectivity index (χ1n) is 6.15. The Morgan fingerprint density at radius 1 is 1.53 bits per heavy atom. The molecule has 0 aromatic carbocycles. The summed E-state index contributed by atoms with van der Waals surface area (Å²) in [6, 6.07) is 0. The lowest BCUT2D eigenvalue weighted by atomic mass is 10.1. The van der Waals surface area contributed by atoms with Gasteiger partial charge in [-0.25, -0.2) is 9.97 Å². The van der Waals surface area contributed by atoms with Gasteiger partial charge in [0.2, 0.25) is 11.0 Å². The minimum atomic E-state index is -0.535. The van der Waals surface area contributed by atoms with Crippen LogP contribution in [0.5, 0.6) is 0 Å². The molecule has 2 heterocycles. The standard InChI is InChI=1S/C11H15ClN4O3/c1-2-19-8-3-5-15(6-4-8)11-9(16(17)18)10(12)13-7-14-11/h7-8H,2-6H2,1H3. The maximum Gasteiger partial charge on any atom is 0.348 e. The molecular formula is C11H15ClN4O3. The molecule has 0 amide bonds. The van der Waals surface area contributed by atoms with Crippen LogP contribution in [0.2, 0.25) is 5.15 Å². The van der Waals surface area contributed by atoms with Crippen molar-refractivity contribution in [2.45, 2.75) is 25.9 Å². The number of halogens is 1. The highest BCUT2D eigenvalue weighted by molar-refractivity contribution is 6.31. The van der Waals surface area contributed by atoms with Gasteiger partial charge in [-0.1, -0.05) is 11.6 Å². The summed E-state index contributed by atoms with van der Waals surface area (Å²) in [5, 5.41) is 10.9. The third kappa shape index (κ3) is 3.10. The Morgan fingerprint density at radius 3 is 2.79 bits per heavy atom. The van der Waals surface area contributed by atoms with Gasteiger partial charge in [0.1, 0.15) is 6.33 Å². The van der Waals surface area contributed by atoms with Gasteiger partial charge in [-0.2, -0.15) is 0 Å². The summed E-state index contributed by atoms with van der Waals surface area (Å²) in [7, 11) is 0. The fourth-order valence-electron chi connectivity index (χ4n) is 2.21. The maximum atomic E-state index is 11.0. The van der Waals surface area contributed by atoms with Crippen molar-refractivity contribution in [3.8, 4) is 0 Å². The number of rotatable bonds is 4. The second-order valence-corrected chi connectivity index (χ2v) is 4.59. The van der Waals surface area contributed by atoms with E-state index in [0.717, 1.165) is 12.8 Å². The van der Waals surface area contributed by atoms with E-state index in [-0.39, 0.29) is 16.9 Å². The summed E-state index contributed by atoms with van der Waals surface area (Å²) in [5.41, 5.74) is -0.223. The third-order valence-electron chi connectivity index (χ3n) is 3.08. The van der Waals surface area contributed by atoms with Crippen molar-refractivity contribution >= 4 is 23.1 Å². The summed E-state index contributed by atoms with van der Waals surface area (Å²) >= 11 is 5.78. The molecule has 0 N–H and O–H groups in total. The maximum absolute atomic E-state index is 11.0. The molecule has 1 fully saturated rings. The lowest BCUT2D eigenvalue weighted by Crippen LogP contribution is -2.37. The Labute approximate surface area is 115 Å². The molecule has 1 saturated heterocycles. The van der Waals surface area contributed by atoms with Gasteiger partial charge in [0.25, 0.3) is 0 Å². The molecule has 104 valence electrons. The highest BCUT2D eigenvalue weighted by Crippen LogP contribution is 2.32. The minimum absolute atomic E-state index is 0.123. The zero-order valence-corrected chi connectivity index (χ0v) is 11.3. The normalized spacial score (nSPS) is 16.6. The molecule has 0 saturated carbocycles. The molecule has 0 radical (unpaired) electrons. The van der Waals surface area contributed by atoms with Crippen LogP contribution >= 0.6 is 11.6 Å². The second-order valence-electron chi connectivity index (χ2n) is 4.24. The van der Waals surface area contributed by atoms with Gasteiger partial charge >= 0.3 is 5.69 Å². The van der Waals surface area contributed by atoms with E-state index in [1.165, 1.54) is 6.33 Å². The number of nitro groups is 1. The first kappa shape index (κ1) is 14.0. The van der Waals surface area contributed by atoms with Gasteiger partial charge in [0, 0.05) is 19.7 Å². The van der Waals surface area contributed by atoms with Crippen molar-refractivity contribution in [2.75, 3.05) is 24.6 Å². The van der Waals surface area contributed by atoms with E-state index in [1.54, 1.807) is 0 Å². The molecular weight excluding hydrogens is 272 g/mol. The van der Waals surface area contributed by atoms with Gasteiger partial charge in [0.15, 0.2) is 0 Å². The van der Waals surface area contributed by atoms with Crippen LogP contribution in [0.4, 0.5) is 11.5 Å². The van der Waals surface area contributed by atoms with Crippen molar-refractivity contribution in [1.82, 2.24) is 9.97 Å². The summed E-state index contributed by atoms with van der Waals surface area (Å²) in [4.78, 5) is 20.0. The molecule has 0 atom stereocenters. The molecule has 1 aromatic heterocycles. The summed E-state index contributed by atoms with van der Waals surface area (Å²) < 4.78 is 5.55. The van der Waals surface area contributed by atoms with Crippen molar-refractivity contribution < 1.29 is 9.66 Å². The highest BCUT2D eigenvalue weighted by atomic mass is 35.5. The van der Waals surface area contributed by atoms with Crippen LogP contribution in [0.1, 0.15) is 19.8 Å². The van der Waals surface area contributed by atoms with Gasteiger partial charge in [-0.3, -0.25) is 10.1 Å². The van der Waals surface area contributed by atoms with Crippen LogP contribution in [-0.2, 0) is 4.74 Å². The van der Waals surface area contributed by atoms with Crippen molar-refractivity contribution in [2.24, 2.45) is 0 Å². The molecule has 0 unspecified atom stereocenters. The highest BCUT2D eigenvalue weighted by Gasteiger charge is 2.29. The largest absolute Gasteiger partial charge is 0.378 e. The fourth-order valence-corrected chi connectivity index (χ4v) is 2.40. The molecule has 1 aliphatic heterocycles. The molecule has 7 nitrogen and oxygen atoms in total. The molecule has 0 bridgehead atoms. The Balaban J connectivity index is 2.15. The van der Waals surface area contributed by atoms with E-state index < -0.39 is 4.92 Å². The number of anilines is 1. The quantitative estimate of drug-likeness (QED) is 0.479. The number of ether oxygens (including phenoxy) is 1. The van der Waals surface area contributed by atoms with E-state index in [4.69, 9.17) is 16.3 Å². The molecule has 0 spiro atoms. The fraction of sp³-hybridized carbons (Fsp3) is 0.636.